The molecule has 2 heterocycles. The maximum Gasteiger partial charge on any atom is 0.225 e. The van der Waals surface area contributed by atoms with Crippen molar-refractivity contribution in [2.45, 2.75) is 25.0 Å². The van der Waals surface area contributed by atoms with E-state index in [0.717, 1.165) is 37.6 Å². The highest BCUT2D eigenvalue weighted by Gasteiger charge is 2.32. The average molecular weight is 741 g/mol. The highest BCUT2D eigenvalue weighted by atomic mass is 35.5. The Labute approximate surface area is 307 Å². The molecule has 0 radical (unpaired) electrons. The Morgan fingerprint density at radius 3 is 1.24 bits per heavy atom. The molecule has 0 bridgehead atoms. The Morgan fingerprint density at radius 1 is 0.531 bits per heavy atom. The van der Waals surface area contributed by atoms with Crippen LogP contribution in [0.15, 0.2) is 97.1 Å². The molecule has 0 aliphatic carbocycles. The Bertz CT molecular complexity index is 1600. The summed E-state index contributed by atoms with van der Waals surface area (Å²) in [6, 6.07) is 30.7. The molecule has 2 saturated heterocycles. The minimum absolute atomic E-state index is 0.0261. The zero-order valence-electron chi connectivity index (χ0n) is 27.0. The lowest BCUT2D eigenvalue weighted by atomic mass is 10.0. The molecule has 2 amide bonds. The van der Waals surface area contributed by atoms with Gasteiger partial charge in [0.15, 0.2) is 0 Å². The van der Waals surface area contributed by atoms with Gasteiger partial charge in [0.2, 0.25) is 11.8 Å². The van der Waals surface area contributed by atoms with Crippen LogP contribution in [0.4, 0.5) is 11.4 Å². The average Bonchev–Trinajstić information content (AvgIpc) is 3.12. The van der Waals surface area contributed by atoms with E-state index in [1.54, 1.807) is 36.4 Å². The van der Waals surface area contributed by atoms with Gasteiger partial charge in [-0.05, 0) is 48.5 Å². The van der Waals surface area contributed by atoms with Crippen LogP contribution in [0.3, 0.4) is 0 Å². The Hall–Kier alpha value is -3.46. The first-order chi connectivity index (χ1) is 23.7. The summed E-state index contributed by atoms with van der Waals surface area (Å²) in [6.45, 7) is 5.19. The van der Waals surface area contributed by atoms with E-state index >= 15 is 0 Å². The number of amides is 2. The van der Waals surface area contributed by atoms with Crippen LogP contribution in [0.5, 0.6) is 0 Å². The van der Waals surface area contributed by atoms with Crippen LogP contribution in [0.25, 0.3) is 0 Å². The van der Waals surface area contributed by atoms with E-state index in [1.807, 2.05) is 46.2 Å². The number of para-hydroxylation sites is 2. The van der Waals surface area contributed by atoms with Gasteiger partial charge in [0, 0.05) is 95.0 Å². The zero-order valence-corrected chi connectivity index (χ0v) is 30.0. The molecular weight excluding hydrogens is 702 g/mol. The van der Waals surface area contributed by atoms with Crippen LogP contribution in [0.2, 0.25) is 20.1 Å². The quantitative estimate of drug-likeness (QED) is 0.163. The van der Waals surface area contributed by atoms with Crippen LogP contribution in [-0.2, 0) is 14.3 Å². The number of halogens is 4. The van der Waals surface area contributed by atoms with Gasteiger partial charge in [-0.15, -0.1) is 0 Å². The van der Waals surface area contributed by atoms with Gasteiger partial charge in [0.1, 0.15) is 0 Å². The van der Waals surface area contributed by atoms with Crippen molar-refractivity contribution in [1.82, 2.24) is 9.80 Å². The summed E-state index contributed by atoms with van der Waals surface area (Å²) in [7, 11) is 0. The number of benzene rings is 4. The standard InChI is InChI=1S/C38H38Cl4N4O3/c39-27-11-13-31(33(41)23-27)35(25-37(47)45-19-15-43(16-20-45)29-7-3-1-4-8-29)49-36(32-14-12-28(40)24-34(32)42)26-38(48)46-21-17-44(18-22-46)30-9-5-2-6-10-30/h1-14,23-24,35-36H,15-22,25-26H2. The second kappa shape index (κ2) is 16.5. The van der Waals surface area contributed by atoms with E-state index in [4.69, 9.17) is 51.1 Å². The maximum atomic E-state index is 13.9. The molecule has 7 nitrogen and oxygen atoms in total. The number of ether oxygens (including phenoxy) is 1. The van der Waals surface area contributed by atoms with Crippen molar-refractivity contribution in [3.05, 3.63) is 128 Å². The lowest BCUT2D eigenvalue weighted by Gasteiger charge is -2.37. The molecule has 2 aliphatic rings. The minimum atomic E-state index is -0.774. The predicted octanol–water partition coefficient (Wildman–Crippen LogP) is 8.58. The summed E-state index contributed by atoms with van der Waals surface area (Å²) >= 11 is 26.0. The van der Waals surface area contributed by atoms with Crippen LogP contribution >= 0.6 is 46.4 Å². The third kappa shape index (κ3) is 9.02. The van der Waals surface area contributed by atoms with E-state index in [1.165, 1.54) is 0 Å². The summed E-state index contributed by atoms with van der Waals surface area (Å²) < 4.78 is 6.80. The molecule has 256 valence electrons. The number of piperazine rings is 2. The highest BCUT2D eigenvalue weighted by molar-refractivity contribution is 6.35. The second-order valence-electron chi connectivity index (χ2n) is 12.3. The molecule has 11 heteroatoms. The van der Waals surface area contributed by atoms with Gasteiger partial charge < -0.3 is 24.3 Å². The fourth-order valence-electron chi connectivity index (χ4n) is 6.47. The largest absolute Gasteiger partial charge is 0.368 e. The smallest absolute Gasteiger partial charge is 0.225 e. The van der Waals surface area contributed by atoms with Crippen molar-refractivity contribution in [3.8, 4) is 0 Å². The highest BCUT2D eigenvalue weighted by Crippen LogP contribution is 2.39. The van der Waals surface area contributed by atoms with Crippen molar-refractivity contribution in [3.63, 3.8) is 0 Å². The monoisotopic (exact) mass is 738 g/mol. The van der Waals surface area contributed by atoms with Crippen LogP contribution in [0, 0.1) is 0 Å². The van der Waals surface area contributed by atoms with Gasteiger partial charge in [-0.25, -0.2) is 0 Å². The summed E-state index contributed by atoms with van der Waals surface area (Å²) in [5, 5.41) is 1.70. The number of anilines is 2. The van der Waals surface area contributed by atoms with E-state index in [9.17, 15) is 9.59 Å². The first-order valence-corrected chi connectivity index (χ1v) is 18.0. The molecule has 0 spiro atoms. The van der Waals surface area contributed by atoms with Gasteiger partial charge >= 0.3 is 0 Å². The molecule has 0 aromatic heterocycles. The molecule has 49 heavy (non-hydrogen) atoms. The fraction of sp³-hybridized carbons (Fsp3) is 0.316. The van der Waals surface area contributed by atoms with E-state index in [-0.39, 0.29) is 24.7 Å². The zero-order chi connectivity index (χ0) is 34.3. The fourth-order valence-corrected chi connectivity index (χ4v) is 7.53. The first kappa shape index (κ1) is 35.4. The van der Waals surface area contributed by atoms with Crippen LogP contribution < -0.4 is 9.80 Å². The molecule has 4 aromatic carbocycles. The third-order valence-corrected chi connectivity index (χ3v) is 10.3. The van der Waals surface area contributed by atoms with E-state index in [2.05, 4.69) is 34.1 Å². The van der Waals surface area contributed by atoms with Gasteiger partial charge in [-0.3, -0.25) is 9.59 Å². The molecule has 6 rings (SSSR count). The molecular formula is C38H38Cl4N4O3. The number of hydrogen-bond donors (Lipinski definition) is 0. The first-order valence-electron chi connectivity index (χ1n) is 16.5. The number of carbonyl (C=O) groups excluding carboxylic acids is 2. The summed E-state index contributed by atoms with van der Waals surface area (Å²) in [5.41, 5.74) is 3.50. The van der Waals surface area contributed by atoms with Gasteiger partial charge in [-0.1, -0.05) is 94.9 Å². The van der Waals surface area contributed by atoms with Crippen molar-refractivity contribution in [2.75, 3.05) is 62.2 Å². The Balaban J connectivity index is 1.20. The molecule has 2 aliphatic heterocycles. The van der Waals surface area contributed by atoms with Crippen molar-refractivity contribution in [2.24, 2.45) is 0 Å². The summed E-state index contributed by atoms with van der Waals surface area (Å²) in [4.78, 5) is 36.0. The normalized spacial score (nSPS) is 16.4. The lowest BCUT2D eigenvalue weighted by molar-refractivity contribution is -0.139. The second-order valence-corrected chi connectivity index (χ2v) is 13.9. The molecule has 2 fully saturated rings. The SMILES string of the molecule is O=C(CC(OC(CC(=O)N1CCN(c2ccccc2)CC1)c1ccc(Cl)cc1Cl)c1ccc(Cl)cc1Cl)N1CCN(c2ccccc2)CC1. The number of carbonyl (C=O) groups is 2. The van der Waals surface area contributed by atoms with Crippen molar-refractivity contribution >= 4 is 69.6 Å². The predicted molar refractivity (Wildman–Crippen MR) is 199 cm³/mol. The molecule has 2 atom stereocenters. The molecule has 0 saturated carbocycles. The molecule has 4 aromatic rings. The Kier molecular flexibility index (Phi) is 11.9. The molecule has 2 unspecified atom stereocenters. The lowest BCUT2D eigenvalue weighted by Crippen LogP contribution is -2.49. The van der Waals surface area contributed by atoms with Crippen LogP contribution in [-0.4, -0.2) is 74.0 Å². The number of nitrogens with zero attached hydrogens (tertiary/aromatic N) is 4. The van der Waals surface area contributed by atoms with Crippen molar-refractivity contribution < 1.29 is 14.3 Å². The minimum Gasteiger partial charge on any atom is -0.368 e. The van der Waals surface area contributed by atoms with Crippen LogP contribution in [0.1, 0.15) is 36.2 Å². The van der Waals surface area contributed by atoms with Crippen molar-refractivity contribution in [1.29, 1.82) is 0 Å². The maximum absolute atomic E-state index is 13.9. The summed E-state index contributed by atoms with van der Waals surface area (Å²) in [5.74, 6) is -0.124. The Morgan fingerprint density at radius 2 is 0.898 bits per heavy atom. The van der Waals surface area contributed by atoms with Gasteiger partial charge in [0.05, 0.1) is 25.0 Å². The third-order valence-electron chi connectivity index (χ3n) is 9.17. The topological polar surface area (TPSA) is 56.3 Å². The van der Waals surface area contributed by atoms with Gasteiger partial charge in [0.25, 0.3) is 0 Å². The van der Waals surface area contributed by atoms with Gasteiger partial charge in [-0.2, -0.15) is 0 Å². The van der Waals surface area contributed by atoms with E-state index in [0.29, 0.717) is 57.4 Å². The number of hydrogen-bond acceptors (Lipinski definition) is 5. The number of rotatable bonds is 10. The summed E-state index contributed by atoms with van der Waals surface area (Å²) in [6.07, 6.45) is -1.50. The molecule has 0 N–H and O–H groups in total. The van der Waals surface area contributed by atoms with E-state index < -0.39 is 12.2 Å².